The quantitative estimate of drug-likeness (QED) is 0.511. The molecule has 0 amide bonds. The van der Waals surface area contributed by atoms with Crippen molar-refractivity contribution < 1.29 is 17.9 Å². The van der Waals surface area contributed by atoms with Crippen LogP contribution in [0.25, 0.3) is 16.9 Å². The average Bonchev–Trinajstić information content (AvgIpc) is 2.79. The fraction of sp³-hybridized carbons (Fsp3) is 0.348. The van der Waals surface area contributed by atoms with Gasteiger partial charge < -0.3 is 9.64 Å². The molecular formula is C23H18ClF3N6O3. The second kappa shape index (κ2) is 8.37. The molecule has 3 heterocycles. The molecule has 13 heteroatoms. The van der Waals surface area contributed by atoms with Crippen LogP contribution in [0.2, 0.25) is 5.02 Å². The van der Waals surface area contributed by atoms with Gasteiger partial charge in [-0.05, 0) is 17.7 Å². The Bertz CT molecular complexity index is 1530. The summed E-state index contributed by atoms with van der Waals surface area (Å²) in [4.78, 5) is 29.0. The molecule has 1 saturated carbocycles. The summed E-state index contributed by atoms with van der Waals surface area (Å²) >= 11 is 5.99. The molecule has 1 aromatic carbocycles. The number of rotatable bonds is 5. The number of nitrogens with zero attached hydrogens (tertiary/aromatic N) is 6. The minimum absolute atomic E-state index is 0.0581. The van der Waals surface area contributed by atoms with Crippen molar-refractivity contribution in [3.8, 4) is 28.8 Å². The van der Waals surface area contributed by atoms with E-state index in [9.17, 15) is 28.0 Å². The van der Waals surface area contributed by atoms with Gasteiger partial charge in [0.05, 0.1) is 30.0 Å². The zero-order valence-electron chi connectivity index (χ0n) is 18.8. The van der Waals surface area contributed by atoms with E-state index >= 15 is 0 Å². The Morgan fingerprint density at radius 2 is 1.94 bits per heavy atom. The van der Waals surface area contributed by atoms with Crippen LogP contribution in [0.3, 0.4) is 0 Å². The van der Waals surface area contributed by atoms with Gasteiger partial charge in [0, 0.05) is 37.4 Å². The second-order valence-corrected chi connectivity index (χ2v) is 9.42. The highest BCUT2D eigenvalue weighted by molar-refractivity contribution is 6.31. The Morgan fingerprint density at radius 3 is 2.56 bits per heavy atom. The molecule has 2 aliphatic rings. The molecule has 1 aliphatic heterocycles. The first kappa shape index (κ1) is 23.9. The smallest absolute Gasteiger partial charge is 0.339 e. The van der Waals surface area contributed by atoms with Crippen molar-refractivity contribution >= 4 is 17.4 Å². The minimum atomic E-state index is -2.75. The molecule has 0 atom stereocenters. The first-order valence-corrected chi connectivity index (χ1v) is 11.2. The Morgan fingerprint density at radius 1 is 1.22 bits per heavy atom. The summed E-state index contributed by atoms with van der Waals surface area (Å²) in [5.41, 5.74) is -2.22. The predicted octanol–water partition coefficient (Wildman–Crippen LogP) is 3.02. The van der Waals surface area contributed by atoms with Crippen LogP contribution >= 0.6 is 11.6 Å². The van der Waals surface area contributed by atoms with Gasteiger partial charge >= 0.3 is 5.69 Å². The molecule has 1 saturated heterocycles. The molecule has 2 aromatic heterocycles. The van der Waals surface area contributed by atoms with E-state index in [0.29, 0.717) is 0 Å². The van der Waals surface area contributed by atoms with Crippen molar-refractivity contribution in [1.29, 1.82) is 5.26 Å². The zero-order chi connectivity index (χ0) is 25.8. The standard InChI is InChI=1S/C23H18ClF3N6O3/c1-36-14-7-17(30-29-8-14)33-20(34)18(13-2-3-16(25)15(24)6-13)19(32(5-4-28)21(33)35)31-11-22(12-31)9-23(26,27)10-22/h2-3,6-8H,5,9-12H2,1H3. The molecule has 2 fully saturated rings. The van der Waals surface area contributed by atoms with Crippen LogP contribution in [-0.4, -0.2) is 45.5 Å². The lowest BCUT2D eigenvalue weighted by molar-refractivity contribution is -0.170. The van der Waals surface area contributed by atoms with Crippen molar-refractivity contribution in [3.05, 3.63) is 62.1 Å². The maximum absolute atomic E-state index is 13.9. The van der Waals surface area contributed by atoms with Gasteiger partial charge in [0.25, 0.3) is 5.56 Å². The third-order valence-electron chi connectivity index (χ3n) is 6.46. The highest BCUT2D eigenvalue weighted by Crippen LogP contribution is 2.57. The summed E-state index contributed by atoms with van der Waals surface area (Å²) in [7, 11) is 1.37. The molecule has 3 aromatic rings. The maximum atomic E-state index is 13.9. The summed E-state index contributed by atoms with van der Waals surface area (Å²) < 4.78 is 48.1. The number of benzene rings is 1. The highest BCUT2D eigenvalue weighted by atomic mass is 35.5. The van der Waals surface area contributed by atoms with Gasteiger partial charge in [-0.2, -0.15) is 10.4 Å². The second-order valence-electron chi connectivity index (χ2n) is 9.01. The fourth-order valence-electron chi connectivity index (χ4n) is 5.03. The van der Waals surface area contributed by atoms with Gasteiger partial charge in [-0.25, -0.2) is 22.5 Å². The molecule has 186 valence electrons. The van der Waals surface area contributed by atoms with Crippen LogP contribution in [0.15, 0.2) is 40.1 Å². The largest absolute Gasteiger partial charge is 0.495 e. The van der Waals surface area contributed by atoms with Gasteiger partial charge in [0.15, 0.2) is 5.82 Å². The summed E-state index contributed by atoms with van der Waals surface area (Å²) in [6.07, 6.45) is 0.686. The number of alkyl halides is 2. The van der Waals surface area contributed by atoms with Crippen LogP contribution in [0.5, 0.6) is 5.75 Å². The predicted molar refractivity (Wildman–Crippen MR) is 123 cm³/mol. The van der Waals surface area contributed by atoms with Gasteiger partial charge in [-0.3, -0.25) is 9.36 Å². The van der Waals surface area contributed by atoms with E-state index in [1.807, 2.05) is 6.07 Å². The van der Waals surface area contributed by atoms with E-state index in [-0.39, 0.29) is 59.5 Å². The average molecular weight is 519 g/mol. The van der Waals surface area contributed by atoms with E-state index in [1.165, 1.54) is 31.5 Å². The Kier molecular flexibility index (Phi) is 5.55. The third kappa shape index (κ3) is 3.80. The van der Waals surface area contributed by atoms with Crippen molar-refractivity contribution in [3.63, 3.8) is 0 Å². The van der Waals surface area contributed by atoms with Crippen molar-refractivity contribution in [2.45, 2.75) is 25.3 Å². The van der Waals surface area contributed by atoms with Crippen molar-refractivity contribution in [1.82, 2.24) is 19.3 Å². The molecule has 0 radical (unpaired) electrons. The van der Waals surface area contributed by atoms with Gasteiger partial charge in [0.2, 0.25) is 5.92 Å². The molecule has 0 unspecified atom stereocenters. The summed E-state index contributed by atoms with van der Waals surface area (Å²) in [5, 5.41) is 16.9. The molecular weight excluding hydrogens is 501 g/mol. The Balaban J connectivity index is 1.76. The first-order chi connectivity index (χ1) is 17.1. The topological polar surface area (TPSA) is 106 Å². The van der Waals surface area contributed by atoms with E-state index in [4.69, 9.17) is 16.3 Å². The third-order valence-corrected chi connectivity index (χ3v) is 6.75. The SMILES string of the molecule is COc1cnnc(-n2c(=O)c(-c3ccc(F)c(Cl)c3)c(N3CC4(C3)CC(F)(F)C4)n(CC#N)c2=O)c1. The van der Waals surface area contributed by atoms with Crippen LogP contribution in [0.4, 0.5) is 19.0 Å². The molecule has 0 N–H and O–H groups in total. The minimum Gasteiger partial charge on any atom is -0.495 e. The Labute approximate surface area is 206 Å². The number of halogens is 4. The van der Waals surface area contributed by atoms with Crippen molar-refractivity contribution in [2.75, 3.05) is 25.1 Å². The molecule has 36 heavy (non-hydrogen) atoms. The highest BCUT2D eigenvalue weighted by Gasteiger charge is 2.62. The number of methoxy groups -OCH3 is 1. The number of hydrogen-bond donors (Lipinski definition) is 0. The van der Waals surface area contributed by atoms with E-state index in [2.05, 4.69) is 10.2 Å². The normalized spacial score (nSPS) is 17.3. The molecule has 1 spiro atoms. The van der Waals surface area contributed by atoms with Gasteiger partial charge in [-0.15, -0.1) is 5.10 Å². The number of nitriles is 1. The lowest BCUT2D eigenvalue weighted by Crippen LogP contribution is -2.67. The number of hydrogen-bond acceptors (Lipinski definition) is 7. The van der Waals surface area contributed by atoms with Crippen LogP contribution in [-0.2, 0) is 6.54 Å². The molecule has 5 rings (SSSR count). The maximum Gasteiger partial charge on any atom is 0.339 e. The van der Waals surface area contributed by atoms with Crippen LogP contribution < -0.4 is 20.9 Å². The van der Waals surface area contributed by atoms with Crippen LogP contribution in [0, 0.1) is 22.6 Å². The lowest BCUT2D eigenvalue weighted by atomic mass is 9.61. The van der Waals surface area contributed by atoms with E-state index < -0.39 is 34.9 Å². The number of aromatic nitrogens is 4. The number of anilines is 1. The molecule has 9 nitrogen and oxygen atoms in total. The first-order valence-electron chi connectivity index (χ1n) is 10.8. The van der Waals surface area contributed by atoms with Gasteiger partial charge in [-0.1, -0.05) is 17.7 Å². The van der Waals surface area contributed by atoms with E-state index in [1.54, 1.807) is 4.90 Å². The summed E-state index contributed by atoms with van der Waals surface area (Å²) in [6.45, 7) is -0.122. The molecule has 0 bridgehead atoms. The number of ether oxygens (including phenoxy) is 1. The van der Waals surface area contributed by atoms with Gasteiger partial charge in [0.1, 0.15) is 23.9 Å². The van der Waals surface area contributed by atoms with Crippen LogP contribution in [0.1, 0.15) is 12.8 Å². The zero-order valence-corrected chi connectivity index (χ0v) is 19.6. The van der Waals surface area contributed by atoms with E-state index in [0.717, 1.165) is 15.2 Å². The monoisotopic (exact) mass is 518 g/mol. The van der Waals surface area contributed by atoms with Crippen molar-refractivity contribution in [2.24, 2.45) is 5.41 Å². The molecule has 1 aliphatic carbocycles. The lowest BCUT2D eigenvalue weighted by Gasteiger charge is -2.59. The Hall–Kier alpha value is -3.85. The summed E-state index contributed by atoms with van der Waals surface area (Å²) in [5.74, 6) is -3.33. The fourth-order valence-corrected chi connectivity index (χ4v) is 5.21. The summed E-state index contributed by atoms with van der Waals surface area (Å²) in [6, 6.07) is 6.84.